The fourth-order valence-electron chi connectivity index (χ4n) is 5.70. The van der Waals surface area contributed by atoms with E-state index >= 15 is 4.39 Å². The third-order valence-corrected chi connectivity index (χ3v) is 8.10. The quantitative estimate of drug-likeness (QED) is 0.240. The van der Waals surface area contributed by atoms with Gasteiger partial charge in [-0.25, -0.2) is 9.37 Å². The van der Waals surface area contributed by atoms with E-state index in [0.717, 1.165) is 24.2 Å². The topological polar surface area (TPSA) is 109 Å². The minimum atomic E-state index is -0.920. The molecule has 7 rings (SSSR count). The van der Waals surface area contributed by atoms with Crippen molar-refractivity contribution in [2.24, 2.45) is 0 Å². The number of fused-ring (bicyclic) bond motifs is 6. The SMILES string of the molecule is CC(C)(C)O.Cc1ccc2c(c1F)-c1cccc(c1)-c1cc3nc(C)c(CC(=O)O)c(n3n1)N1CCC(C)(CC1)OC/C=C/CO2. The van der Waals surface area contributed by atoms with Crippen LogP contribution in [0.2, 0.25) is 0 Å². The average Bonchev–Trinajstić information content (AvgIpc) is 3.40. The van der Waals surface area contributed by atoms with Crippen molar-refractivity contribution in [1.82, 2.24) is 14.6 Å². The van der Waals surface area contributed by atoms with Crippen molar-refractivity contribution in [1.29, 1.82) is 0 Å². The predicted molar refractivity (Wildman–Crippen MR) is 177 cm³/mol. The van der Waals surface area contributed by atoms with E-state index in [-0.39, 0.29) is 24.4 Å². The molecule has 0 amide bonds. The fraction of sp³-hybridized carbons (Fsp3) is 0.417. The van der Waals surface area contributed by atoms with Gasteiger partial charge in [0, 0.05) is 36.0 Å². The van der Waals surface area contributed by atoms with Crippen molar-refractivity contribution in [2.75, 3.05) is 31.2 Å². The third-order valence-electron chi connectivity index (χ3n) is 8.10. The summed E-state index contributed by atoms with van der Waals surface area (Å²) in [6.45, 7) is 13.0. The summed E-state index contributed by atoms with van der Waals surface area (Å²) in [6, 6.07) is 13.0. The molecule has 1 saturated heterocycles. The molecule has 3 aliphatic rings. The number of halogens is 1. The van der Waals surface area contributed by atoms with Gasteiger partial charge in [-0.15, -0.1) is 0 Å². The van der Waals surface area contributed by atoms with Crippen LogP contribution in [0.15, 0.2) is 54.6 Å². The second-order valence-corrected chi connectivity index (χ2v) is 13.2. The molecule has 0 radical (unpaired) electrons. The number of piperidine rings is 1. The van der Waals surface area contributed by atoms with E-state index in [1.54, 1.807) is 44.3 Å². The van der Waals surface area contributed by atoms with Gasteiger partial charge in [0.15, 0.2) is 5.65 Å². The number of hydrogen-bond acceptors (Lipinski definition) is 7. The number of aliphatic hydroxyl groups is 1. The summed E-state index contributed by atoms with van der Waals surface area (Å²) < 4.78 is 29.6. The number of rotatable bonds is 2. The maximum absolute atomic E-state index is 15.6. The molecule has 2 aromatic heterocycles. The molecule has 6 bridgehead atoms. The highest BCUT2D eigenvalue weighted by molar-refractivity contribution is 5.78. The van der Waals surface area contributed by atoms with Crippen LogP contribution < -0.4 is 9.64 Å². The van der Waals surface area contributed by atoms with E-state index < -0.39 is 11.6 Å². The fourth-order valence-corrected chi connectivity index (χ4v) is 5.70. The molecule has 0 spiro atoms. The van der Waals surface area contributed by atoms with Gasteiger partial charge in [0.05, 0.1) is 35.5 Å². The molecule has 0 unspecified atom stereocenters. The Kier molecular flexibility index (Phi) is 9.51. The molecule has 0 atom stereocenters. The van der Waals surface area contributed by atoms with Crippen LogP contribution in [-0.4, -0.2) is 68.3 Å². The van der Waals surface area contributed by atoms with Crippen LogP contribution in [-0.2, 0) is 16.0 Å². The summed E-state index contributed by atoms with van der Waals surface area (Å²) >= 11 is 0. The normalized spacial score (nSPS) is 16.8. The van der Waals surface area contributed by atoms with Crippen LogP contribution in [0.25, 0.3) is 28.0 Å². The Labute approximate surface area is 269 Å². The lowest BCUT2D eigenvalue weighted by Crippen LogP contribution is -2.45. The number of hydrogen-bond donors (Lipinski definition) is 2. The maximum atomic E-state index is 15.6. The molecule has 1 fully saturated rings. The van der Waals surface area contributed by atoms with E-state index in [4.69, 9.17) is 24.7 Å². The summed E-state index contributed by atoms with van der Waals surface area (Å²) in [5, 5.41) is 23.2. The van der Waals surface area contributed by atoms with E-state index in [0.29, 0.717) is 64.7 Å². The van der Waals surface area contributed by atoms with E-state index in [1.807, 2.05) is 49.4 Å². The Balaban J connectivity index is 0.000000775. The summed E-state index contributed by atoms with van der Waals surface area (Å²) in [4.78, 5) is 18.8. The second kappa shape index (κ2) is 13.2. The summed E-state index contributed by atoms with van der Waals surface area (Å²) in [7, 11) is 0. The first-order valence-electron chi connectivity index (χ1n) is 15.6. The van der Waals surface area contributed by atoms with Crippen molar-refractivity contribution >= 4 is 17.4 Å². The number of anilines is 1. The highest BCUT2D eigenvalue weighted by atomic mass is 19.1. The van der Waals surface area contributed by atoms with Crippen LogP contribution in [0.4, 0.5) is 10.2 Å². The molecule has 0 saturated carbocycles. The van der Waals surface area contributed by atoms with Gasteiger partial charge in [-0.3, -0.25) is 4.79 Å². The van der Waals surface area contributed by atoms with Gasteiger partial charge in [-0.1, -0.05) is 30.3 Å². The van der Waals surface area contributed by atoms with Crippen LogP contribution in [0.5, 0.6) is 5.75 Å². The third kappa shape index (κ3) is 7.57. The van der Waals surface area contributed by atoms with Gasteiger partial charge >= 0.3 is 5.97 Å². The molecule has 9 nitrogen and oxygen atoms in total. The van der Waals surface area contributed by atoms with Crippen molar-refractivity contribution in [3.05, 3.63) is 77.3 Å². The van der Waals surface area contributed by atoms with Gasteiger partial charge in [-0.2, -0.15) is 9.61 Å². The van der Waals surface area contributed by atoms with Crippen LogP contribution >= 0.6 is 0 Å². The number of nitrogens with zero attached hydrogens (tertiary/aromatic N) is 4. The Morgan fingerprint density at radius 2 is 1.72 bits per heavy atom. The van der Waals surface area contributed by atoms with Gasteiger partial charge in [0.2, 0.25) is 0 Å². The summed E-state index contributed by atoms with van der Waals surface area (Å²) in [5.41, 5.74) is 4.17. The Morgan fingerprint density at radius 1 is 1.04 bits per heavy atom. The molecular weight excluding hydrogens is 587 g/mol. The number of aryl methyl sites for hydroxylation is 2. The number of aliphatic carboxylic acids is 1. The molecule has 5 heterocycles. The molecular formula is C36H43FN4O5. The molecule has 4 aromatic rings. The van der Waals surface area contributed by atoms with Crippen molar-refractivity contribution in [3.63, 3.8) is 0 Å². The van der Waals surface area contributed by atoms with Crippen LogP contribution in [0.1, 0.15) is 57.4 Å². The monoisotopic (exact) mass is 630 g/mol. The first kappa shape index (κ1) is 33.1. The zero-order chi connectivity index (χ0) is 33.2. The standard InChI is InChI=1S/C32H33FN4O4.C4H10O/c1-20-9-10-26-29(30(20)33)23-8-6-7-22(17-23)25-19-27-34-21(2)24(18-28(38)39)31(37(27)35-25)36-13-11-32(3,12-14-36)41-16-5-4-15-40-26;1-4(2,3)5/h4-10,17,19H,11-16,18H2,1-3H3,(H,38,39);5H,1-3H3/b5-4+;. The Bertz CT molecular complexity index is 1760. The molecule has 2 aromatic carbocycles. The zero-order valence-corrected chi connectivity index (χ0v) is 27.4. The van der Waals surface area contributed by atoms with E-state index in [1.165, 1.54) is 0 Å². The minimum Gasteiger partial charge on any atom is -0.489 e. The molecule has 244 valence electrons. The highest BCUT2D eigenvalue weighted by Gasteiger charge is 2.33. The molecule has 2 N–H and O–H groups in total. The molecule has 46 heavy (non-hydrogen) atoms. The number of aromatic nitrogens is 3. The van der Waals surface area contributed by atoms with Crippen molar-refractivity contribution < 1.29 is 28.9 Å². The maximum Gasteiger partial charge on any atom is 0.308 e. The Morgan fingerprint density at radius 3 is 2.41 bits per heavy atom. The van der Waals surface area contributed by atoms with Gasteiger partial charge < -0.3 is 24.6 Å². The number of benzene rings is 2. The molecule has 10 heteroatoms. The smallest absolute Gasteiger partial charge is 0.308 e. The van der Waals surface area contributed by atoms with Gasteiger partial charge in [-0.05, 0) is 83.7 Å². The van der Waals surface area contributed by atoms with E-state index in [2.05, 4.69) is 11.8 Å². The first-order valence-corrected chi connectivity index (χ1v) is 15.6. The number of carboxylic acid groups (broad SMARTS) is 1. The predicted octanol–water partition coefficient (Wildman–Crippen LogP) is 6.55. The number of carboxylic acids is 1. The lowest BCUT2D eigenvalue weighted by Gasteiger charge is -2.40. The molecule has 0 aliphatic carbocycles. The lowest BCUT2D eigenvalue weighted by atomic mass is 9.93. The average molecular weight is 631 g/mol. The summed E-state index contributed by atoms with van der Waals surface area (Å²) in [5.74, 6) is -0.0445. The van der Waals surface area contributed by atoms with Gasteiger partial charge in [0.1, 0.15) is 24.0 Å². The largest absolute Gasteiger partial charge is 0.489 e. The minimum absolute atomic E-state index is 0.154. The van der Waals surface area contributed by atoms with Crippen LogP contribution in [0, 0.1) is 19.7 Å². The second-order valence-electron chi connectivity index (χ2n) is 13.2. The van der Waals surface area contributed by atoms with Gasteiger partial charge in [0.25, 0.3) is 0 Å². The first-order chi connectivity index (χ1) is 21.7. The number of ether oxygens (including phenoxy) is 2. The lowest BCUT2D eigenvalue weighted by molar-refractivity contribution is -0.136. The van der Waals surface area contributed by atoms with Crippen molar-refractivity contribution in [2.45, 2.75) is 72.0 Å². The number of carbonyl (C=O) groups is 1. The highest BCUT2D eigenvalue weighted by Crippen LogP contribution is 2.37. The van der Waals surface area contributed by atoms with Crippen molar-refractivity contribution in [3.8, 4) is 28.1 Å². The Hall–Kier alpha value is -4.28. The summed E-state index contributed by atoms with van der Waals surface area (Å²) in [6.07, 6.45) is 5.22. The zero-order valence-electron chi connectivity index (χ0n) is 27.4. The van der Waals surface area contributed by atoms with E-state index in [9.17, 15) is 9.90 Å². The molecule has 3 aliphatic heterocycles. The van der Waals surface area contributed by atoms with Crippen LogP contribution in [0.3, 0.4) is 0 Å².